The lowest BCUT2D eigenvalue weighted by atomic mass is 9.86. The largest absolute Gasteiger partial charge is 0.458 e. The van der Waals surface area contributed by atoms with Gasteiger partial charge in [0.2, 0.25) is 0 Å². The van der Waals surface area contributed by atoms with Crippen molar-refractivity contribution in [1.82, 2.24) is 9.55 Å². The monoisotopic (exact) mass is 602 g/mol. The SMILES string of the molecule is CCCCCCCCCCCCCC(=O)Oc1ccc2nc3c(c(CC)c2c1)Cn1c-3cc2c(c1=O)COC(=O)[C@]2(O)CC. The number of ether oxygens (including phenoxy) is 2. The summed E-state index contributed by atoms with van der Waals surface area (Å²) in [7, 11) is 0. The number of carbonyl (C=O) groups is 2. The van der Waals surface area contributed by atoms with Crippen molar-refractivity contribution in [2.24, 2.45) is 0 Å². The molecular formula is C36H46N2O6. The number of benzene rings is 1. The smallest absolute Gasteiger partial charge is 0.343 e. The Balaban J connectivity index is 1.25. The van der Waals surface area contributed by atoms with Crippen molar-refractivity contribution < 1.29 is 24.2 Å². The number of carbonyl (C=O) groups excluding carboxylic acids is 2. The Morgan fingerprint density at radius 3 is 2.30 bits per heavy atom. The van der Waals surface area contributed by atoms with Gasteiger partial charge < -0.3 is 19.1 Å². The van der Waals surface area contributed by atoms with Crippen LogP contribution in [0.2, 0.25) is 0 Å². The second kappa shape index (κ2) is 14.1. The van der Waals surface area contributed by atoms with Crippen LogP contribution in [-0.4, -0.2) is 26.6 Å². The molecule has 0 fully saturated rings. The van der Waals surface area contributed by atoms with E-state index in [0.29, 0.717) is 47.7 Å². The van der Waals surface area contributed by atoms with Crippen molar-refractivity contribution in [3.05, 3.63) is 56.9 Å². The third-order valence-corrected chi connectivity index (χ3v) is 9.35. The van der Waals surface area contributed by atoms with Gasteiger partial charge in [0.1, 0.15) is 12.4 Å². The van der Waals surface area contributed by atoms with Gasteiger partial charge in [-0.05, 0) is 49.1 Å². The van der Waals surface area contributed by atoms with Crippen molar-refractivity contribution in [2.75, 3.05) is 0 Å². The average Bonchev–Trinajstić information content (AvgIpc) is 3.39. The predicted molar refractivity (Wildman–Crippen MR) is 171 cm³/mol. The van der Waals surface area contributed by atoms with Gasteiger partial charge in [0, 0.05) is 22.9 Å². The Bertz CT molecular complexity index is 1590. The number of aryl methyl sites for hydroxylation is 1. The number of hydrogen-bond acceptors (Lipinski definition) is 7. The first-order valence-corrected chi connectivity index (χ1v) is 16.7. The second-order valence-electron chi connectivity index (χ2n) is 12.3. The molecule has 2 aliphatic rings. The quantitative estimate of drug-likeness (QED) is 0.0867. The van der Waals surface area contributed by atoms with Crippen LogP contribution >= 0.6 is 0 Å². The van der Waals surface area contributed by atoms with Gasteiger partial charge in [0.15, 0.2) is 5.60 Å². The molecule has 44 heavy (non-hydrogen) atoms. The van der Waals surface area contributed by atoms with Crippen molar-refractivity contribution in [3.63, 3.8) is 0 Å². The van der Waals surface area contributed by atoms with E-state index >= 15 is 0 Å². The summed E-state index contributed by atoms with van der Waals surface area (Å²) in [5.41, 5.74) is 2.43. The van der Waals surface area contributed by atoms with E-state index in [-0.39, 0.29) is 24.6 Å². The van der Waals surface area contributed by atoms with Gasteiger partial charge >= 0.3 is 11.9 Å². The van der Waals surface area contributed by atoms with Crippen LogP contribution in [-0.2, 0) is 39.5 Å². The molecule has 2 aromatic heterocycles. The third-order valence-electron chi connectivity index (χ3n) is 9.35. The second-order valence-corrected chi connectivity index (χ2v) is 12.3. The normalized spacial score (nSPS) is 16.9. The molecule has 5 rings (SSSR count). The van der Waals surface area contributed by atoms with Gasteiger partial charge in [-0.1, -0.05) is 85.0 Å². The highest BCUT2D eigenvalue weighted by Gasteiger charge is 2.45. The summed E-state index contributed by atoms with van der Waals surface area (Å²) in [5.74, 6) is -0.465. The maximum Gasteiger partial charge on any atom is 0.343 e. The van der Waals surface area contributed by atoms with Gasteiger partial charge in [-0.15, -0.1) is 0 Å². The molecule has 1 N–H and O–H groups in total. The molecule has 0 saturated carbocycles. The molecule has 2 aliphatic heterocycles. The van der Waals surface area contributed by atoms with Crippen LogP contribution in [0.5, 0.6) is 5.75 Å². The first kappa shape index (κ1) is 31.9. The van der Waals surface area contributed by atoms with Crippen LogP contribution < -0.4 is 10.3 Å². The van der Waals surface area contributed by atoms with E-state index < -0.39 is 11.6 Å². The lowest BCUT2D eigenvalue weighted by Gasteiger charge is -2.31. The Hall–Kier alpha value is -3.52. The summed E-state index contributed by atoms with van der Waals surface area (Å²) >= 11 is 0. The molecule has 8 nitrogen and oxygen atoms in total. The molecule has 236 valence electrons. The number of cyclic esters (lactones) is 1. The number of aliphatic hydroxyl groups is 1. The standard InChI is InChI=1S/C36H46N2O6/c1-4-7-8-9-10-11-12-13-14-15-16-17-32(39)44-24-18-19-30-26(20-24)25(5-2)27-22-38-31(33(27)37-30)21-29-28(34(38)40)23-43-35(41)36(29,42)6-3/h18-21,42H,4-17,22-23H2,1-3H3/t36-/m0/s1. The minimum absolute atomic E-state index is 0.0979. The molecule has 0 amide bonds. The number of rotatable bonds is 15. The fraction of sp³-hybridized carbons (Fsp3) is 0.556. The number of nitrogens with zero attached hydrogens (tertiary/aromatic N) is 2. The van der Waals surface area contributed by atoms with E-state index in [9.17, 15) is 19.5 Å². The molecule has 1 atom stereocenters. The summed E-state index contributed by atoms with van der Waals surface area (Å²) in [6.45, 7) is 6.17. The zero-order valence-electron chi connectivity index (χ0n) is 26.5. The molecular weight excluding hydrogens is 556 g/mol. The van der Waals surface area contributed by atoms with Crippen LogP contribution in [0.25, 0.3) is 22.3 Å². The van der Waals surface area contributed by atoms with Crippen molar-refractivity contribution in [1.29, 1.82) is 0 Å². The van der Waals surface area contributed by atoms with Crippen molar-refractivity contribution >= 4 is 22.8 Å². The Morgan fingerprint density at radius 2 is 1.64 bits per heavy atom. The van der Waals surface area contributed by atoms with Crippen LogP contribution in [0.15, 0.2) is 29.1 Å². The minimum atomic E-state index is -1.86. The number of hydrogen-bond donors (Lipinski definition) is 1. The van der Waals surface area contributed by atoms with Crippen molar-refractivity contribution in [2.45, 2.75) is 129 Å². The van der Waals surface area contributed by atoms with Crippen LogP contribution in [0, 0.1) is 0 Å². The maximum atomic E-state index is 13.5. The summed E-state index contributed by atoms with van der Waals surface area (Å²) in [4.78, 5) is 43.6. The highest BCUT2D eigenvalue weighted by atomic mass is 16.6. The fourth-order valence-corrected chi connectivity index (χ4v) is 6.72. The molecule has 0 aliphatic carbocycles. The number of unbranched alkanes of at least 4 members (excludes halogenated alkanes) is 10. The molecule has 0 radical (unpaired) electrons. The number of aromatic nitrogens is 2. The number of pyridine rings is 2. The lowest BCUT2D eigenvalue weighted by Crippen LogP contribution is -2.44. The zero-order valence-corrected chi connectivity index (χ0v) is 26.5. The molecule has 0 unspecified atom stereocenters. The van der Waals surface area contributed by atoms with Gasteiger partial charge in [-0.3, -0.25) is 9.59 Å². The maximum absolute atomic E-state index is 13.5. The molecule has 8 heteroatoms. The molecule has 1 aromatic carbocycles. The number of esters is 2. The van der Waals surface area contributed by atoms with E-state index in [1.807, 2.05) is 12.1 Å². The van der Waals surface area contributed by atoms with Gasteiger partial charge in [0.05, 0.1) is 29.0 Å². The zero-order chi connectivity index (χ0) is 31.3. The lowest BCUT2D eigenvalue weighted by molar-refractivity contribution is -0.172. The van der Waals surface area contributed by atoms with Crippen LogP contribution in [0.1, 0.15) is 126 Å². The Morgan fingerprint density at radius 1 is 0.955 bits per heavy atom. The minimum Gasteiger partial charge on any atom is -0.458 e. The summed E-state index contributed by atoms with van der Waals surface area (Å²) in [6.07, 6.45) is 14.7. The molecule has 0 saturated heterocycles. The van der Waals surface area contributed by atoms with E-state index in [1.165, 1.54) is 51.4 Å². The average molecular weight is 603 g/mol. The topological polar surface area (TPSA) is 108 Å². The molecule has 0 spiro atoms. The third kappa shape index (κ3) is 6.32. The van der Waals surface area contributed by atoms with Gasteiger partial charge in [0.25, 0.3) is 5.56 Å². The highest BCUT2D eigenvalue weighted by Crippen LogP contribution is 2.40. The van der Waals surface area contributed by atoms with Gasteiger partial charge in [-0.2, -0.15) is 0 Å². The van der Waals surface area contributed by atoms with E-state index in [1.54, 1.807) is 23.6 Å². The fourth-order valence-electron chi connectivity index (χ4n) is 6.72. The predicted octanol–water partition coefficient (Wildman–Crippen LogP) is 7.25. The van der Waals surface area contributed by atoms with E-state index in [2.05, 4.69) is 13.8 Å². The molecule has 0 bridgehead atoms. The first-order valence-electron chi connectivity index (χ1n) is 16.7. The van der Waals surface area contributed by atoms with Crippen molar-refractivity contribution in [3.8, 4) is 17.1 Å². The molecule has 4 heterocycles. The summed E-state index contributed by atoms with van der Waals surface area (Å²) < 4.78 is 12.6. The van der Waals surface area contributed by atoms with Crippen LogP contribution in [0.3, 0.4) is 0 Å². The first-order chi connectivity index (χ1) is 21.3. The summed E-state index contributed by atoms with van der Waals surface area (Å²) in [6, 6.07) is 7.22. The van der Waals surface area contributed by atoms with E-state index in [0.717, 1.165) is 41.3 Å². The van der Waals surface area contributed by atoms with Gasteiger partial charge in [-0.25, -0.2) is 9.78 Å². The highest BCUT2D eigenvalue weighted by molar-refractivity contribution is 5.90. The Kier molecular flexibility index (Phi) is 10.2. The molecule has 3 aromatic rings. The number of fused-ring (bicyclic) bond motifs is 5. The van der Waals surface area contributed by atoms with Crippen LogP contribution in [0.4, 0.5) is 0 Å². The summed E-state index contributed by atoms with van der Waals surface area (Å²) in [5, 5.41) is 12.0. The van der Waals surface area contributed by atoms with E-state index in [4.69, 9.17) is 14.5 Å². The Labute approximate surface area is 259 Å².